The summed E-state index contributed by atoms with van der Waals surface area (Å²) in [6.45, 7) is 8.08. The minimum atomic E-state index is -4.27. The van der Waals surface area contributed by atoms with Gasteiger partial charge in [0, 0.05) is 0 Å². The highest BCUT2D eigenvalue weighted by atomic mass is 31.2. The normalized spacial score (nSPS) is 13.9. The van der Waals surface area contributed by atoms with Crippen LogP contribution in [0.5, 0.6) is 0 Å². The molecule has 0 aromatic heterocycles. The summed E-state index contributed by atoms with van der Waals surface area (Å²) in [5.41, 5.74) is 1.17. The lowest BCUT2D eigenvalue weighted by Crippen LogP contribution is -1.99. The van der Waals surface area contributed by atoms with Crippen LogP contribution in [0.1, 0.15) is 39.5 Å². The van der Waals surface area contributed by atoms with E-state index < -0.39 is 7.82 Å². The Labute approximate surface area is 91.6 Å². The average Bonchev–Trinajstić information content (AvgIpc) is 2.07. The molecule has 0 bridgehead atoms. The maximum Gasteiger partial charge on any atom is 0.469 e. The highest BCUT2D eigenvalue weighted by Crippen LogP contribution is 2.35. The fraction of sp³-hybridized carbons (Fsp3) is 0.800. The first kappa shape index (κ1) is 14.8. The molecule has 0 amide bonds. The van der Waals surface area contributed by atoms with Crippen molar-refractivity contribution in [1.29, 1.82) is 0 Å². The van der Waals surface area contributed by atoms with Crippen LogP contribution in [0.25, 0.3) is 0 Å². The van der Waals surface area contributed by atoms with Gasteiger partial charge in [-0.25, -0.2) is 4.57 Å². The lowest BCUT2D eigenvalue weighted by atomic mass is 9.98. The molecule has 4 nitrogen and oxygen atoms in total. The van der Waals surface area contributed by atoms with Gasteiger partial charge >= 0.3 is 7.82 Å². The summed E-state index contributed by atoms with van der Waals surface area (Å²) in [5.74, 6) is 0.544. The second-order valence-corrected chi connectivity index (χ2v) is 5.31. The van der Waals surface area contributed by atoms with Crippen molar-refractivity contribution in [2.24, 2.45) is 5.92 Å². The Bertz CT molecular complexity index is 234. The molecule has 0 aromatic rings. The molecular formula is C10H21O4P. The highest BCUT2D eigenvalue weighted by molar-refractivity contribution is 7.46. The summed E-state index contributed by atoms with van der Waals surface area (Å²) >= 11 is 0. The average molecular weight is 236 g/mol. The molecule has 0 heterocycles. The van der Waals surface area contributed by atoms with Crippen LogP contribution < -0.4 is 0 Å². The predicted molar refractivity (Wildman–Crippen MR) is 60.4 cm³/mol. The molecule has 1 unspecified atom stereocenters. The van der Waals surface area contributed by atoms with Crippen LogP contribution in [0.15, 0.2) is 12.2 Å². The maximum absolute atomic E-state index is 10.4. The SMILES string of the molecule is C=C(C)CCC(C)CCCOP(=O)(O)O. The zero-order valence-corrected chi connectivity index (χ0v) is 10.4. The number of hydrogen-bond donors (Lipinski definition) is 2. The van der Waals surface area contributed by atoms with E-state index in [9.17, 15) is 4.57 Å². The number of rotatable bonds is 8. The third-order valence-corrected chi connectivity index (χ3v) is 2.68. The van der Waals surface area contributed by atoms with Gasteiger partial charge in [-0.1, -0.05) is 12.5 Å². The second kappa shape index (κ2) is 7.18. The van der Waals surface area contributed by atoms with Crippen LogP contribution in [0, 0.1) is 5.92 Å². The molecular weight excluding hydrogens is 215 g/mol. The zero-order valence-electron chi connectivity index (χ0n) is 9.48. The summed E-state index contributed by atoms with van der Waals surface area (Å²) in [6.07, 6.45) is 3.70. The molecule has 0 aliphatic rings. The first-order valence-electron chi connectivity index (χ1n) is 5.15. The molecule has 0 aliphatic heterocycles. The van der Waals surface area contributed by atoms with E-state index in [1.54, 1.807) is 0 Å². The summed E-state index contributed by atoms with van der Waals surface area (Å²) in [6, 6.07) is 0. The Hall–Kier alpha value is -0.150. The van der Waals surface area contributed by atoms with Crippen molar-refractivity contribution < 1.29 is 18.9 Å². The van der Waals surface area contributed by atoms with Crippen molar-refractivity contribution in [2.75, 3.05) is 6.61 Å². The van der Waals surface area contributed by atoms with E-state index in [4.69, 9.17) is 9.79 Å². The molecule has 0 aliphatic carbocycles. The Morgan fingerprint density at radius 1 is 1.47 bits per heavy atom. The van der Waals surface area contributed by atoms with Crippen LogP contribution in [-0.2, 0) is 9.09 Å². The fourth-order valence-electron chi connectivity index (χ4n) is 1.25. The van der Waals surface area contributed by atoms with Crippen molar-refractivity contribution >= 4 is 7.82 Å². The van der Waals surface area contributed by atoms with E-state index in [0.717, 1.165) is 19.3 Å². The van der Waals surface area contributed by atoms with Crippen LogP contribution >= 0.6 is 7.82 Å². The van der Waals surface area contributed by atoms with Crippen LogP contribution in [0.3, 0.4) is 0 Å². The second-order valence-electron chi connectivity index (χ2n) is 4.07. The molecule has 2 N–H and O–H groups in total. The molecule has 0 fully saturated rings. The Balaban J connectivity index is 3.43. The number of allylic oxidation sites excluding steroid dienone is 1. The number of phosphoric ester groups is 1. The first-order valence-corrected chi connectivity index (χ1v) is 6.69. The predicted octanol–water partition coefficient (Wildman–Crippen LogP) is 2.87. The standard InChI is InChI=1S/C10H21O4P/c1-9(2)6-7-10(3)5-4-8-14-15(11,12)13/h10H,1,4-8H2,2-3H3,(H2,11,12,13). The lowest BCUT2D eigenvalue weighted by molar-refractivity contribution is 0.190. The van der Waals surface area contributed by atoms with Crippen LogP contribution in [-0.4, -0.2) is 16.4 Å². The maximum atomic E-state index is 10.4. The van der Waals surface area contributed by atoms with Crippen molar-refractivity contribution in [1.82, 2.24) is 0 Å². The smallest absolute Gasteiger partial charge is 0.303 e. The van der Waals surface area contributed by atoms with Gasteiger partial charge in [-0.3, -0.25) is 4.52 Å². The monoisotopic (exact) mass is 236 g/mol. The van der Waals surface area contributed by atoms with Crippen molar-refractivity contribution in [3.63, 3.8) is 0 Å². The van der Waals surface area contributed by atoms with Crippen molar-refractivity contribution in [2.45, 2.75) is 39.5 Å². The largest absolute Gasteiger partial charge is 0.469 e. The topological polar surface area (TPSA) is 66.8 Å². The van der Waals surface area contributed by atoms with Gasteiger partial charge in [0.1, 0.15) is 0 Å². The van der Waals surface area contributed by atoms with Crippen LogP contribution in [0.2, 0.25) is 0 Å². The summed E-state index contributed by atoms with van der Waals surface area (Å²) in [7, 11) is -4.27. The van der Waals surface area contributed by atoms with E-state index >= 15 is 0 Å². The van der Waals surface area contributed by atoms with Crippen molar-refractivity contribution in [3.05, 3.63) is 12.2 Å². The van der Waals surface area contributed by atoms with Gasteiger partial charge in [0.2, 0.25) is 0 Å². The third-order valence-electron chi connectivity index (χ3n) is 2.16. The number of hydrogen-bond acceptors (Lipinski definition) is 2. The van der Waals surface area contributed by atoms with E-state index in [2.05, 4.69) is 18.0 Å². The Morgan fingerprint density at radius 3 is 2.53 bits per heavy atom. The molecule has 0 saturated carbocycles. The molecule has 90 valence electrons. The van der Waals surface area contributed by atoms with E-state index in [0.29, 0.717) is 12.3 Å². The van der Waals surface area contributed by atoms with Gasteiger partial charge in [-0.15, -0.1) is 6.58 Å². The minimum absolute atomic E-state index is 0.127. The van der Waals surface area contributed by atoms with Crippen LogP contribution in [0.4, 0.5) is 0 Å². The van der Waals surface area contributed by atoms with Gasteiger partial charge in [0.25, 0.3) is 0 Å². The quantitative estimate of drug-likeness (QED) is 0.386. The molecule has 0 rings (SSSR count). The van der Waals surface area contributed by atoms with Gasteiger partial charge in [0.05, 0.1) is 6.61 Å². The summed E-state index contributed by atoms with van der Waals surface area (Å²) in [5, 5.41) is 0. The van der Waals surface area contributed by atoms with Gasteiger partial charge in [-0.2, -0.15) is 0 Å². The molecule has 0 saturated heterocycles. The van der Waals surface area contributed by atoms with E-state index in [-0.39, 0.29) is 6.61 Å². The van der Waals surface area contributed by atoms with Gasteiger partial charge in [0.15, 0.2) is 0 Å². The van der Waals surface area contributed by atoms with Crippen molar-refractivity contribution in [3.8, 4) is 0 Å². The molecule has 1 atom stereocenters. The van der Waals surface area contributed by atoms with Gasteiger partial charge < -0.3 is 9.79 Å². The molecule has 0 spiro atoms. The van der Waals surface area contributed by atoms with E-state index in [1.807, 2.05) is 6.92 Å². The third kappa shape index (κ3) is 11.8. The number of phosphoric acid groups is 1. The molecule has 15 heavy (non-hydrogen) atoms. The highest BCUT2D eigenvalue weighted by Gasteiger charge is 2.13. The fourth-order valence-corrected chi connectivity index (χ4v) is 1.62. The first-order chi connectivity index (χ1) is 6.81. The summed E-state index contributed by atoms with van der Waals surface area (Å²) < 4.78 is 14.7. The molecule has 5 heteroatoms. The van der Waals surface area contributed by atoms with E-state index in [1.165, 1.54) is 5.57 Å². The summed E-state index contributed by atoms with van der Waals surface area (Å²) in [4.78, 5) is 16.9. The Morgan fingerprint density at radius 2 is 2.07 bits per heavy atom. The molecule has 0 aromatic carbocycles. The molecule has 0 radical (unpaired) electrons. The minimum Gasteiger partial charge on any atom is -0.303 e. The lowest BCUT2D eigenvalue weighted by Gasteiger charge is -2.11. The zero-order chi connectivity index (χ0) is 11.9. The Kier molecular flexibility index (Phi) is 7.11. The van der Waals surface area contributed by atoms with Gasteiger partial charge in [-0.05, 0) is 38.5 Å².